The van der Waals surface area contributed by atoms with Gasteiger partial charge in [0.25, 0.3) is 0 Å². The van der Waals surface area contributed by atoms with Crippen molar-refractivity contribution in [1.29, 1.82) is 0 Å². The number of carbonyl (C=O) groups is 1. The van der Waals surface area contributed by atoms with E-state index in [0.717, 1.165) is 16.3 Å². The topological polar surface area (TPSA) is 68.0 Å². The van der Waals surface area contributed by atoms with Gasteiger partial charge in [0, 0.05) is 28.7 Å². The second-order valence-electron chi connectivity index (χ2n) is 4.45. The van der Waals surface area contributed by atoms with Gasteiger partial charge in [-0.2, -0.15) is 0 Å². The fraction of sp³-hybridized carbons (Fsp3) is 0.200. The molecule has 0 aliphatic carbocycles. The molecule has 0 unspecified atom stereocenters. The number of hydrogen-bond donors (Lipinski definition) is 2. The van der Waals surface area contributed by atoms with E-state index in [-0.39, 0.29) is 5.91 Å². The van der Waals surface area contributed by atoms with Gasteiger partial charge in [-0.1, -0.05) is 6.07 Å². The minimum absolute atomic E-state index is 0.180. The predicted molar refractivity (Wildman–Crippen MR) is 82.5 cm³/mol. The summed E-state index contributed by atoms with van der Waals surface area (Å²) in [5.41, 5.74) is 7.45. The van der Waals surface area contributed by atoms with Gasteiger partial charge in [-0.05, 0) is 42.8 Å². The van der Waals surface area contributed by atoms with Gasteiger partial charge in [-0.25, -0.2) is 0 Å². The summed E-state index contributed by atoms with van der Waals surface area (Å²) in [4.78, 5) is 16.7. The number of amides is 1. The molecule has 20 heavy (non-hydrogen) atoms. The summed E-state index contributed by atoms with van der Waals surface area (Å²) in [7, 11) is 0. The molecule has 1 atom stereocenters. The van der Waals surface area contributed by atoms with Gasteiger partial charge in [-0.3, -0.25) is 9.78 Å². The number of anilines is 1. The lowest BCUT2D eigenvalue weighted by Crippen LogP contribution is -2.32. The Hall–Kier alpha value is -1.85. The first-order valence-electron chi connectivity index (χ1n) is 6.33. The van der Waals surface area contributed by atoms with Crippen LogP contribution in [0.4, 0.5) is 5.69 Å². The third kappa shape index (κ3) is 4.36. The van der Waals surface area contributed by atoms with Crippen LogP contribution in [0.1, 0.15) is 12.5 Å². The highest BCUT2D eigenvalue weighted by Crippen LogP contribution is 2.23. The Morgan fingerprint density at radius 1 is 1.35 bits per heavy atom. The van der Waals surface area contributed by atoms with E-state index in [0.29, 0.717) is 0 Å². The first-order chi connectivity index (χ1) is 9.65. The summed E-state index contributed by atoms with van der Waals surface area (Å²) in [6.07, 6.45) is 3.63. The van der Waals surface area contributed by atoms with Crippen LogP contribution in [0.3, 0.4) is 0 Å². The molecule has 1 heterocycles. The lowest BCUT2D eigenvalue weighted by atomic mass is 10.3. The Labute approximate surface area is 122 Å². The van der Waals surface area contributed by atoms with Crippen molar-refractivity contribution in [3.63, 3.8) is 0 Å². The molecule has 0 aliphatic rings. The second kappa shape index (κ2) is 7.07. The summed E-state index contributed by atoms with van der Waals surface area (Å²) in [6, 6.07) is 11.2. The van der Waals surface area contributed by atoms with Crippen molar-refractivity contribution in [2.24, 2.45) is 5.73 Å². The summed E-state index contributed by atoms with van der Waals surface area (Å²) in [5.74, 6) is 0.695. The van der Waals surface area contributed by atoms with E-state index >= 15 is 0 Å². The Balaban J connectivity index is 1.90. The van der Waals surface area contributed by atoms with Gasteiger partial charge >= 0.3 is 0 Å². The largest absolute Gasteiger partial charge is 0.325 e. The van der Waals surface area contributed by atoms with E-state index in [1.54, 1.807) is 24.9 Å². The van der Waals surface area contributed by atoms with Crippen LogP contribution in [0.2, 0.25) is 0 Å². The molecule has 2 aromatic rings. The molecule has 0 aliphatic heterocycles. The number of nitrogens with zero attached hydrogens (tertiary/aromatic N) is 1. The minimum atomic E-state index is -0.505. The summed E-state index contributed by atoms with van der Waals surface area (Å²) < 4.78 is 0. The maximum Gasteiger partial charge on any atom is 0.240 e. The third-order valence-corrected chi connectivity index (χ3v) is 3.75. The van der Waals surface area contributed by atoms with Crippen LogP contribution in [-0.4, -0.2) is 16.9 Å². The molecule has 3 N–H and O–H groups in total. The molecule has 0 saturated carbocycles. The normalized spacial score (nSPS) is 11.9. The number of pyridine rings is 1. The Morgan fingerprint density at radius 3 is 2.70 bits per heavy atom. The monoisotopic (exact) mass is 287 g/mol. The number of carbonyl (C=O) groups excluding carboxylic acids is 1. The number of benzene rings is 1. The zero-order valence-corrected chi connectivity index (χ0v) is 12.1. The molecular weight excluding hydrogens is 270 g/mol. The average Bonchev–Trinajstić information content (AvgIpc) is 2.47. The quantitative estimate of drug-likeness (QED) is 0.830. The van der Waals surface area contributed by atoms with Crippen molar-refractivity contribution in [1.82, 2.24) is 4.98 Å². The molecule has 0 fully saturated rings. The van der Waals surface area contributed by atoms with Crippen molar-refractivity contribution >= 4 is 23.4 Å². The highest BCUT2D eigenvalue weighted by atomic mass is 32.2. The molecule has 2 rings (SSSR count). The zero-order chi connectivity index (χ0) is 14.4. The van der Waals surface area contributed by atoms with Crippen molar-refractivity contribution in [3.8, 4) is 0 Å². The molecule has 0 radical (unpaired) electrons. The Kier molecular flexibility index (Phi) is 5.15. The Morgan fingerprint density at radius 2 is 2.10 bits per heavy atom. The van der Waals surface area contributed by atoms with Crippen LogP contribution >= 0.6 is 11.8 Å². The molecule has 0 saturated heterocycles. The van der Waals surface area contributed by atoms with Crippen molar-refractivity contribution < 1.29 is 4.79 Å². The molecule has 5 heteroatoms. The van der Waals surface area contributed by atoms with E-state index in [1.807, 2.05) is 36.5 Å². The second-order valence-corrected chi connectivity index (χ2v) is 5.50. The molecule has 0 spiro atoms. The number of thioether (sulfide) groups is 1. The van der Waals surface area contributed by atoms with Crippen LogP contribution in [0, 0.1) is 0 Å². The molecule has 104 valence electrons. The average molecular weight is 287 g/mol. The van der Waals surface area contributed by atoms with Crippen LogP contribution in [0.5, 0.6) is 0 Å². The van der Waals surface area contributed by atoms with Crippen molar-refractivity contribution in [3.05, 3.63) is 54.4 Å². The van der Waals surface area contributed by atoms with Crippen molar-refractivity contribution in [2.75, 3.05) is 5.32 Å². The van der Waals surface area contributed by atoms with Gasteiger partial charge < -0.3 is 11.1 Å². The van der Waals surface area contributed by atoms with E-state index in [9.17, 15) is 4.79 Å². The van der Waals surface area contributed by atoms with Crippen LogP contribution < -0.4 is 11.1 Å². The van der Waals surface area contributed by atoms with E-state index in [4.69, 9.17) is 5.73 Å². The highest BCUT2D eigenvalue weighted by molar-refractivity contribution is 7.98. The standard InChI is InChI=1S/C15H17N3OS/c1-11(16)15(19)18-13-4-6-14(7-5-13)20-10-12-3-2-8-17-9-12/h2-9,11H,10,16H2,1H3,(H,18,19)/t11-/m0/s1. The number of rotatable bonds is 5. The molecule has 1 amide bonds. The molecule has 0 bridgehead atoms. The van der Waals surface area contributed by atoms with Gasteiger partial charge in [-0.15, -0.1) is 11.8 Å². The van der Waals surface area contributed by atoms with Gasteiger partial charge in [0.2, 0.25) is 5.91 Å². The summed E-state index contributed by atoms with van der Waals surface area (Å²) >= 11 is 1.73. The van der Waals surface area contributed by atoms with E-state index < -0.39 is 6.04 Å². The number of nitrogens with one attached hydrogen (secondary N) is 1. The smallest absolute Gasteiger partial charge is 0.240 e. The maximum absolute atomic E-state index is 11.5. The lowest BCUT2D eigenvalue weighted by Gasteiger charge is -2.08. The number of nitrogens with two attached hydrogens (primary N) is 1. The first kappa shape index (κ1) is 14.6. The molecule has 4 nitrogen and oxygen atoms in total. The fourth-order valence-electron chi connectivity index (χ4n) is 1.54. The number of aromatic nitrogens is 1. The zero-order valence-electron chi connectivity index (χ0n) is 11.2. The van der Waals surface area contributed by atoms with Gasteiger partial charge in [0.1, 0.15) is 0 Å². The lowest BCUT2D eigenvalue weighted by molar-refractivity contribution is -0.117. The molecule has 1 aromatic heterocycles. The van der Waals surface area contributed by atoms with Crippen molar-refractivity contribution in [2.45, 2.75) is 23.6 Å². The molecular formula is C15H17N3OS. The maximum atomic E-state index is 11.5. The van der Waals surface area contributed by atoms with Gasteiger partial charge in [0.05, 0.1) is 6.04 Å². The number of hydrogen-bond acceptors (Lipinski definition) is 4. The molecule has 1 aromatic carbocycles. The van der Waals surface area contributed by atoms with E-state index in [2.05, 4.69) is 16.4 Å². The SMILES string of the molecule is C[C@H](N)C(=O)Nc1ccc(SCc2cccnc2)cc1. The third-order valence-electron chi connectivity index (χ3n) is 2.66. The Bertz CT molecular complexity index is 555. The highest BCUT2D eigenvalue weighted by Gasteiger charge is 2.07. The predicted octanol–water partition coefficient (Wildman–Crippen LogP) is 2.66. The minimum Gasteiger partial charge on any atom is -0.325 e. The fourth-order valence-corrected chi connectivity index (χ4v) is 2.37. The van der Waals surface area contributed by atoms with Crippen LogP contribution in [0.15, 0.2) is 53.7 Å². The summed E-state index contributed by atoms with van der Waals surface area (Å²) in [6.45, 7) is 1.66. The van der Waals surface area contributed by atoms with Gasteiger partial charge in [0.15, 0.2) is 0 Å². The van der Waals surface area contributed by atoms with Crippen LogP contribution in [0.25, 0.3) is 0 Å². The first-order valence-corrected chi connectivity index (χ1v) is 7.32. The summed E-state index contributed by atoms with van der Waals surface area (Å²) in [5, 5.41) is 2.76. The van der Waals surface area contributed by atoms with E-state index in [1.165, 1.54) is 5.56 Å². The van der Waals surface area contributed by atoms with Crippen LogP contribution in [-0.2, 0) is 10.5 Å².